The normalized spacial score (nSPS) is 27.8. The standard InChI is InChI=1S/C10H21NS/c1-4-5-6-7-9-11-10(2,3)8-12-9/h9,11H,4-8H2,1-3H3. The number of nitrogens with one attached hydrogen (secondary N) is 1. The minimum absolute atomic E-state index is 0.377. The maximum atomic E-state index is 3.65. The van der Waals surface area contributed by atoms with Crippen LogP contribution in [-0.4, -0.2) is 16.7 Å². The lowest BCUT2D eigenvalue weighted by Crippen LogP contribution is -2.38. The summed E-state index contributed by atoms with van der Waals surface area (Å²) in [6.07, 6.45) is 5.46. The second kappa shape index (κ2) is 4.52. The highest BCUT2D eigenvalue weighted by atomic mass is 32.2. The van der Waals surface area contributed by atoms with Gasteiger partial charge in [-0.25, -0.2) is 0 Å². The molecule has 1 heterocycles. The van der Waals surface area contributed by atoms with Crippen LogP contribution in [-0.2, 0) is 0 Å². The van der Waals surface area contributed by atoms with Crippen molar-refractivity contribution in [3.63, 3.8) is 0 Å². The predicted molar refractivity (Wildman–Crippen MR) is 57.6 cm³/mol. The van der Waals surface area contributed by atoms with Gasteiger partial charge >= 0.3 is 0 Å². The van der Waals surface area contributed by atoms with Gasteiger partial charge in [-0.2, -0.15) is 0 Å². The van der Waals surface area contributed by atoms with Crippen molar-refractivity contribution in [2.75, 3.05) is 5.75 Å². The molecule has 0 aromatic rings. The molecule has 1 unspecified atom stereocenters. The molecule has 1 saturated heterocycles. The van der Waals surface area contributed by atoms with Crippen molar-refractivity contribution < 1.29 is 0 Å². The van der Waals surface area contributed by atoms with Crippen molar-refractivity contribution in [1.29, 1.82) is 0 Å². The van der Waals surface area contributed by atoms with Crippen molar-refractivity contribution in [2.45, 2.75) is 57.4 Å². The Kier molecular flexibility index (Phi) is 3.91. The molecular weight excluding hydrogens is 166 g/mol. The van der Waals surface area contributed by atoms with Crippen molar-refractivity contribution in [2.24, 2.45) is 0 Å². The van der Waals surface area contributed by atoms with Gasteiger partial charge < -0.3 is 0 Å². The van der Waals surface area contributed by atoms with Crippen molar-refractivity contribution in [1.82, 2.24) is 5.32 Å². The lowest BCUT2D eigenvalue weighted by Gasteiger charge is -2.18. The second-order valence-corrected chi connectivity index (χ2v) is 5.51. The lowest BCUT2D eigenvalue weighted by atomic mass is 10.1. The van der Waals surface area contributed by atoms with Crippen LogP contribution in [0.25, 0.3) is 0 Å². The van der Waals surface area contributed by atoms with Crippen LogP contribution < -0.4 is 5.32 Å². The Balaban J connectivity index is 2.11. The maximum absolute atomic E-state index is 3.65. The van der Waals surface area contributed by atoms with Gasteiger partial charge in [-0.15, -0.1) is 11.8 Å². The highest BCUT2D eigenvalue weighted by Gasteiger charge is 2.29. The highest BCUT2D eigenvalue weighted by molar-refractivity contribution is 8.00. The molecule has 0 bridgehead atoms. The number of unbranched alkanes of at least 4 members (excludes halogenated alkanes) is 2. The summed E-state index contributed by atoms with van der Waals surface area (Å²) in [7, 11) is 0. The fourth-order valence-corrected chi connectivity index (χ4v) is 3.00. The summed E-state index contributed by atoms with van der Waals surface area (Å²) in [6, 6.07) is 0. The summed E-state index contributed by atoms with van der Waals surface area (Å²) in [5.74, 6) is 1.27. The monoisotopic (exact) mass is 187 g/mol. The first-order valence-corrected chi connectivity index (χ1v) is 6.08. The van der Waals surface area contributed by atoms with Crippen LogP contribution in [0.1, 0.15) is 46.5 Å². The van der Waals surface area contributed by atoms with E-state index in [2.05, 4.69) is 37.8 Å². The van der Waals surface area contributed by atoms with E-state index in [1.165, 1.54) is 31.4 Å². The molecule has 0 aromatic carbocycles. The Morgan fingerprint density at radius 2 is 2.17 bits per heavy atom. The smallest absolute Gasteiger partial charge is 0.0537 e. The Labute approximate surface area is 80.7 Å². The van der Waals surface area contributed by atoms with E-state index in [9.17, 15) is 0 Å². The molecule has 0 radical (unpaired) electrons. The van der Waals surface area contributed by atoms with Crippen LogP contribution in [0, 0.1) is 0 Å². The Morgan fingerprint density at radius 3 is 2.67 bits per heavy atom. The first kappa shape index (κ1) is 10.4. The minimum Gasteiger partial charge on any atom is -0.299 e. The van der Waals surface area contributed by atoms with Gasteiger partial charge in [0.25, 0.3) is 0 Å². The van der Waals surface area contributed by atoms with Crippen LogP contribution in [0.2, 0.25) is 0 Å². The van der Waals surface area contributed by atoms with E-state index in [0.717, 1.165) is 5.37 Å². The number of hydrogen-bond donors (Lipinski definition) is 1. The van der Waals surface area contributed by atoms with E-state index >= 15 is 0 Å². The molecule has 1 rings (SSSR count). The van der Waals surface area contributed by atoms with Crippen LogP contribution >= 0.6 is 11.8 Å². The maximum Gasteiger partial charge on any atom is 0.0537 e. The summed E-state index contributed by atoms with van der Waals surface area (Å²) >= 11 is 2.09. The molecule has 0 aliphatic carbocycles. The van der Waals surface area contributed by atoms with Crippen LogP contribution in [0.3, 0.4) is 0 Å². The minimum atomic E-state index is 0.377. The molecule has 1 fully saturated rings. The van der Waals surface area contributed by atoms with Crippen molar-refractivity contribution in [3.8, 4) is 0 Å². The molecule has 1 aliphatic rings. The van der Waals surface area contributed by atoms with Gasteiger partial charge in [-0.1, -0.05) is 26.2 Å². The Bertz CT molecular complexity index is 134. The summed E-state index contributed by atoms with van der Waals surface area (Å²) in [5.41, 5.74) is 0.377. The topological polar surface area (TPSA) is 12.0 Å². The van der Waals surface area contributed by atoms with Crippen molar-refractivity contribution >= 4 is 11.8 Å². The molecule has 1 aliphatic heterocycles. The average molecular weight is 187 g/mol. The molecule has 0 amide bonds. The second-order valence-electron chi connectivity index (χ2n) is 4.32. The molecule has 0 spiro atoms. The molecule has 0 saturated carbocycles. The third-order valence-corrected chi connectivity index (χ3v) is 3.91. The number of thioether (sulfide) groups is 1. The zero-order valence-corrected chi connectivity index (χ0v) is 9.34. The quantitative estimate of drug-likeness (QED) is 0.679. The lowest BCUT2D eigenvalue weighted by molar-refractivity contribution is 0.430. The summed E-state index contributed by atoms with van der Waals surface area (Å²) in [5, 5.41) is 4.38. The summed E-state index contributed by atoms with van der Waals surface area (Å²) in [4.78, 5) is 0. The molecule has 2 heteroatoms. The van der Waals surface area contributed by atoms with Gasteiger partial charge in [0.15, 0.2) is 0 Å². The van der Waals surface area contributed by atoms with E-state index in [-0.39, 0.29) is 0 Å². The van der Waals surface area contributed by atoms with Crippen LogP contribution in [0.15, 0.2) is 0 Å². The highest BCUT2D eigenvalue weighted by Crippen LogP contribution is 2.28. The Hall–Kier alpha value is 0.310. The van der Waals surface area contributed by atoms with Gasteiger partial charge in [0, 0.05) is 11.3 Å². The third-order valence-electron chi connectivity index (χ3n) is 2.27. The Morgan fingerprint density at radius 1 is 1.42 bits per heavy atom. The van der Waals surface area contributed by atoms with E-state index < -0.39 is 0 Å². The molecule has 1 N–H and O–H groups in total. The fraction of sp³-hybridized carbons (Fsp3) is 1.00. The first-order valence-electron chi connectivity index (χ1n) is 5.03. The van der Waals surface area contributed by atoms with Gasteiger partial charge in [0.2, 0.25) is 0 Å². The molecule has 0 aromatic heterocycles. The summed E-state index contributed by atoms with van der Waals surface area (Å²) < 4.78 is 0. The van der Waals surface area contributed by atoms with Crippen molar-refractivity contribution in [3.05, 3.63) is 0 Å². The van der Waals surface area contributed by atoms with Crippen LogP contribution in [0.5, 0.6) is 0 Å². The zero-order valence-electron chi connectivity index (χ0n) is 8.52. The third kappa shape index (κ3) is 3.36. The molecule has 72 valence electrons. The molecular formula is C10H21NS. The van der Waals surface area contributed by atoms with Gasteiger partial charge in [0.1, 0.15) is 0 Å². The largest absolute Gasteiger partial charge is 0.299 e. The molecule has 1 atom stereocenters. The van der Waals surface area contributed by atoms with Crippen LogP contribution in [0.4, 0.5) is 0 Å². The zero-order chi connectivity index (χ0) is 9.03. The van der Waals surface area contributed by atoms with E-state index in [0.29, 0.717) is 5.54 Å². The predicted octanol–water partition coefficient (Wildman–Crippen LogP) is 3.01. The SMILES string of the molecule is CCCCCC1NC(C)(C)CS1. The van der Waals surface area contributed by atoms with Gasteiger partial charge in [-0.3, -0.25) is 5.32 Å². The van der Waals surface area contributed by atoms with Gasteiger partial charge in [-0.05, 0) is 20.3 Å². The fourth-order valence-electron chi connectivity index (χ4n) is 1.56. The first-order chi connectivity index (χ1) is 5.64. The van der Waals surface area contributed by atoms with E-state index in [4.69, 9.17) is 0 Å². The van der Waals surface area contributed by atoms with E-state index in [1.54, 1.807) is 0 Å². The molecule has 1 nitrogen and oxygen atoms in total. The summed E-state index contributed by atoms with van der Waals surface area (Å²) in [6.45, 7) is 6.85. The van der Waals surface area contributed by atoms with Gasteiger partial charge in [0.05, 0.1) is 5.37 Å². The van der Waals surface area contributed by atoms with E-state index in [1.807, 2.05) is 0 Å². The average Bonchev–Trinajstić information content (AvgIpc) is 2.31. The number of rotatable bonds is 4. The number of hydrogen-bond acceptors (Lipinski definition) is 2. The molecule has 12 heavy (non-hydrogen) atoms.